The maximum Gasteiger partial charge on any atom is 0.347 e. The van der Waals surface area contributed by atoms with Crippen LogP contribution >= 0.6 is 0 Å². The molecule has 184 valence electrons. The zero-order chi connectivity index (χ0) is 24.8. The van der Waals surface area contributed by atoms with Crippen LogP contribution in [0.15, 0.2) is 60.7 Å². The number of nitrogens with zero attached hydrogens (tertiary/aromatic N) is 3. The maximum atomic E-state index is 11.4. The minimum absolute atomic E-state index is 0.518. The summed E-state index contributed by atoms with van der Waals surface area (Å²) in [5.41, 5.74) is 1.58. The molecule has 2 aromatic carbocycles. The summed E-state index contributed by atoms with van der Waals surface area (Å²) in [6.45, 7) is 7.69. The predicted molar refractivity (Wildman–Crippen MR) is 136 cm³/mol. The molecule has 3 aromatic rings. The third-order valence-corrected chi connectivity index (χ3v) is 6.41. The summed E-state index contributed by atoms with van der Waals surface area (Å²) in [6.07, 6.45) is 3.27. The van der Waals surface area contributed by atoms with Gasteiger partial charge in [0.15, 0.2) is 11.4 Å². The van der Waals surface area contributed by atoms with Crippen LogP contribution in [0.4, 0.5) is 5.82 Å². The molecule has 1 fully saturated rings. The van der Waals surface area contributed by atoms with Crippen LogP contribution in [0.5, 0.6) is 11.5 Å². The molecule has 0 aliphatic carbocycles. The molecule has 0 amide bonds. The highest BCUT2D eigenvalue weighted by molar-refractivity contribution is 5.77. The van der Waals surface area contributed by atoms with E-state index in [-0.39, 0.29) is 0 Å². The van der Waals surface area contributed by atoms with E-state index in [2.05, 4.69) is 15.1 Å². The standard InChI is InChI=1S/C28H33N3O4/c1-20-10-11-26(30-29-20)31-15-12-21(13-16-31)14-17-34-24-8-4-6-22(18-24)23-7-5-9-25(19-23)35-28(2,3)27(32)33/h4-11,18-19,21H,12-17H2,1-3H3,(H,32,33). The third kappa shape index (κ3) is 6.50. The number of rotatable bonds is 9. The predicted octanol–water partition coefficient (Wildman–Crippen LogP) is 5.38. The zero-order valence-corrected chi connectivity index (χ0v) is 20.6. The summed E-state index contributed by atoms with van der Waals surface area (Å²) >= 11 is 0. The second kappa shape index (κ2) is 10.8. The van der Waals surface area contributed by atoms with Crippen LogP contribution in [-0.4, -0.2) is 46.6 Å². The second-order valence-electron chi connectivity index (χ2n) is 9.57. The number of hydrogen-bond acceptors (Lipinski definition) is 6. The van der Waals surface area contributed by atoms with Crippen molar-refractivity contribution in [3.63, 3.8) is 0 Å². The van der Waals surface area contributed by atoms with E-state index in [1.54, 1.807) is 6.07 Å². The summed E-state index contributed by atoms with van der Waals surface area (Å²) in [4.78, 5) is 13.7. The van der Waals surface area contributed by atoms with Crippen LogP contribution in [0.1, 0.15) is 38.8 Å². The topological polar surface area (TPSA) is 84.8 Å². The summed E-state index contributed by atoms with van der Waals surface area (Å²) in [6, 6.07) is 19.5. The normalized spacial score (nSPS) is 14.5. The molecule has 2 heterocycles. The van der Waals surface area contributed by atoms with Gasteiger partial charge in [0.2, 0.25) is 0 Å². The first kappa shape index (κ1) is 24.5. The summed E-state index contributed by atoms with van der Waals surface area (Å²) in [7, 11) is 0. The molecule has 1 saturated heterocycles. The lowest BCUT2D eigenvalue weighted by Gasteiger charge is -2.32. The van der Waals surface area contributed by atoms with Crippen molar-refractivity contribution < 1.29 is 19.4 Å². The molecule has 1 aliphatic rings. The van der Waals surface area contributed by atoms with Crippen LogP contribution in [0.3, 0.4) is 0 Å². The molecular formula is C28H33N3O4. The van der Waals surface area contributed by atoms with Gasteiger partial charge in [-0.15, -0.1) is 5.10 Å². The highest BCUT2D eigenvalue weighted by Gasteiger charge is 2.29. The lowest BCUT2D eigenvalue weighted by atomic mass is 9.94. The van der Waals surface area contributed by atoms with Gasteiger partial charge in [0.05, 0.1) is 12.3 Å². The molecule has 4 rings (SSSR count). The Morgan fingerprint density at radius 1 is 1.00 bits per heavy atom. The van der Waals surface area contributed by atoms with Crippen molar-refractivity contribution in [3.8, 4) is 22.6 Å². The van der Waals surface area contributed by atoms with Gasteiger partial charge in [0.25, 0.3) is 0 Å². The van der Waals surface area contributed by atoms with E-state index in [0.29, 0.717) is 18.3 Å². The van der Waals surface area contributed by atoms with E-state index in [9.17, 15) is 9.90 Å². The Hall–Kier alpha value is -3.61. The molecule has 1 aliphatic heterocycles. The Bertz CT molecular complexity index is 1140. The first-order chi connectivity index (χ1) is 16.8. The van der Waals surface area contributed by atoms with Crippen molar-refractivity contribution in [2.75, 3.05) is 24.6 Å². The Kier molecular flexibility index (Phi) is 7.54. The van der Waals surface area contributed by atoms with E-state index in [0.717, 1.165) is 60.7 Å². The van der Waals surface area contributed by atoms with Crippen LogP contribution in [0.25, 0.3) is 11.1 Å². The number of aromatic nitrogens is 2. The van der Waals surface area contributed by atoms with Gasteiger partial charge >= 0.3 is 5.97 Å². The number of benzene rings is 2. The average Bonchev–Trinajstić information content (AvgIpc) is 2.85. The van der Waals surface area contributed by atoms with Gasteiger partial charge in [0.1, 0.15) is 11.5 Å². The Morgan fingerprint density at radius 3 is 2.29 bits per heavy atom. The van der Waals surface area contributed by atoms with Gasteiger partial charge in [-0.3, -0.25) is 0 Å². The molecule has 0 radical (unpaired) electrons. The van der Waals surface area contributed by atoms with E-state index in [1.807, 2.05) is 61.5 Å². The molecule has 0 bridgehead atoms. The number of carbonyl (C=O) groups is 1. The number of anilines is 1. The van der Waals surface area contributed by atoms with Crippen LogP contribution in [0.2, 0.25) is 0 Å². The Labute approximate surface area is 206 Å². The largest absolute Gasteiger partial charge is 0.494 e. The van der Waals surface area contributed by atoms with Crippen LogP contribution in [0, 0.1) is 12.8 Å². The molecule has 0 unspecified atom stereocenters. The molecule has 0 saturated carbocycles. The molecule has 7 heteroatoms. The molecule has 35 heavy (non-hydrogen) atoms. The van der Waals surface area contributed by atoms with Crippen molar-refractivity contribution in [1.29, 1.82) is 0 Å². The van der Waals surface area contributed by atoms with Crippen LogP contribution in [-0.2, 0) is 4.79 Å². The fourth-order valence-corrected chi connectivity index (χ4v) is 4.20. The fourth-order valence-electron chi connectivity index (χ4n) is 4.20. The highest BCUT2D eigenvalue weighted by atomic mass is 16.5. The lowest BCUT2D eigenvalue weighted by Crippen LogP contribution is -2.37. The number of piperidine rings is 1. The van der Waals surface area contributed by atoms with Gasteiger partial charge in [-0.05, 0) is 93.5 Å². The number of ether oxygens (including phenoxy) is 2. The molecule has 0 spiro atoms. The number of carboxylic acids is 1. The summed E-state index contributed by atoms with van der Waals surface area (Å²) in [5, 5.41) is 17.8. The van der Waals surface area contributed by atoms with Gasteiger partial charge in [0, 0.05) is 13.1 Å². The Morgan fingerprint density at radius 2 is 1.66 bits per heavy atom. The molecule has 7 nitrogen and oxygen atoms in total. The van der Waals surface area contributed by atoms with Crippen molar-refractivity contribution in [3.05, 3.63) is 66.4 Å². The van der Waals surface area contributed by atoms with Crippen LogP contribution < -0.4 is 14.4 Å². The van der Waals surface area contributed by atoms with Gasteiger partial charge in [-0.2, -0.15) is 5.10 Å². The Balaban J connectivity index is 1.29. The molecular weight excluding hydrogens is 442 g/mol. The molecule has 1 aromatic heterocycles. The van der Waals surface area contributed by atoms with Gasteiger partial charge in [-0.1, -0.05) is 24.3 Å². The third-order valence-electron chi connectivity index (χ3n) is 6.41. The lowest BCUT2D eigenvalue weighted by molar-refractivity contribution is -0.152. The number of aliphatic carboxylic acids is 1. The number of aryl methyl sites for hydroxylation is 1. The quantitative estimate of drug-likeness (QED) is 0.445. The fraction of sp³-hybridized carbons (Fsp3) is 0.393. The van der Waals surface area contributed by atoms with Gasteiger partial charge in [-0.25, -0.2) is 4.79 Å². The first-order valence-electron chi connectivity index (χ1n) is 12.1. The average molecular weight is 476 g/mol. The number of hydrogen-bond donors (Lipinski definition) is 1. The smallest absolute Gasteiger partial charge is 0.347 e. The second-order valence-corrected chi connectivity index (χ2v) is 9.57. The van der Waals surface area contributed by atoms with Crippen molar-refractivity contribution in [2.24, 2.45) is 5.92 Å². The van der Waals surface area contributed by atoms with Crippen molar-refractivity contribution >= 4 is 11.8 Å². The minimum atomic E-state index is -1.30. The monoisotopic (exact) mass is 475 g/mol. The summed E-state index contributed by atoms with van der Waals surface area (Å²) < 4.78 is 11.8. The minimum Gasteiger partial charge on any atom is -0.494 e. The van der Waals surface area contributed by atoms with E-state index in [4.69, 9.17) is 9.47 Å². The molecule has 1 N–H and O–H groups in total. The van der Waals surface area contributed by atoms with E-state index >= 15 is 0 Å². The SMILES string of the molecule is Cc1ccc(N2CCC(CCOc3cccc(-c4cccc(OC(C)(C)C(=O)O)c4)c3)CC2)nn1. The maximum absolute atomic E-state index is 11.4. The van der Waals surface area contributed by atoms with Crippen molar-refractivity contribution in [1.82, 2.24) is 10.2 Å². The first-order valence-corrected chi connectivity index (χ1v) is 12.1. The molecule has 0 atom stereocenters. The summed E-state index contributed by atoms with van der Waals surface area (Å²) in [5.74, 6) is 1.94. The van der Waals surface area contributed by atoms with Crippen molar-refractivity contribution in [2.45, 2.75) is 45.6 Å². The number of carboxylic acid groups (broad SMARTS) is 1. The zero-order valence-electron chi connectivity index (χ0n) is 20.6. The van der Waals surface area contributed by atoms with E-state index in [1.165, 1.54) is 13.8 Å². The van der Waals surface area contributed by atoms with Gasteiger partial charge < -0.3 is 19.5 Å². The highest BCUT2D eigenvalue weighted by Crippen LogP contribution is 2.29. The van der Waals surface area contributed by atoms with E-state index < -0.39 is 11.6 Å².